The van der Waals surface area contributed by atoms with Crippen molar-refractivity contribution in [3.63, 3.8) is 0 Å². The number of methoxy groups -OCH3 is 1. The molecule has 1 aliphatic heterocycles. The molecule has 3 rings (SSSR count). The fourth-order valence-electron chi connectivity index (χ4n) is 2.87. The second-order valence-electron chi connectivity index (χ2n) is 5.89. The molecule has 8 heteroatoms. The summed E-state index contributed by atoms with van der Waals surface area (Å²) in [5, 5.41) is 2.61. The van der Waals surface area contributed by atoms with E-state index >= 15 is 0 Å². The van der Waals surface area contributed by atoms with E-state index in [2.05, 4.69) is 10.1 Å². The Balaban J connectivity index is 1.67. The van der Waals surface area contributed by atoms with Gasteiger partial charge in [0.1, 0.15) is 12.4 Å². The van der Waals surface area contributed by atoms with Crippen molar-refractivity contribution in [3.8, 4) is 0 Å². The number of esters is 1. The van der Waals surface area contributed by atoms with Crippen LogP contribution in [0, 0.1) is 5.82 Å². The number of nitrogens with one attached hydrogen (secondary N) is 1. The number of halogens is 1. The molecule has 0 unspecified atom stereocenters. The lowest BCUT2D eigenvalue weighted by Crippen LogP contribution is -2.37. The van der Waals surface area contributed by atoms with Crippen molar-refractivity contribution in [2.45, 2.75) is 0 Å². The van der Waals surface area contributed by atoms with E-state index in [-0.39, 0.29) is 24.3 Å². The number of hydrogen-bond donors (Lipinski definition) is 1. The minimum atomic E-state index is -0.575. The van der Waals surface area contributed by atoms with E-state index in [1.165, 1.54) is 35.1 Å². The molecule has 2 aromatic carbocycles. The van der Waals surface area contributed by atoms with Gasteiger partial charge in [-0.2, -0.15) is 0 Å². The Morgan fingerprint density at radius 2 is 1.81 bits per heavy atom. The maximum Gasteiger partial charge on any atom is 0.339 e. The summed E-state index contributed by atoms with van der Waals surface area (Å²) in [6, 6.07) is 12.0. The number of nitrogens with zero attached hydrogens (tertiary/aromatic N) is 2. The third kappa shape index (κ3) is 3.89. The summed E-state index contributed by atoms with van der Waals surface area (Å²) >= 11 is 0. The number of anilines is 2. The fraction of sp³-hybridized carbons (Fsp3) is 0.211. The highest BCUT2D eigenvalue weighted by molar-refractivity contribution is 6.03. The molecule has 0 aromatic heterocycles. The fourth-order valence-corrected chi connectivity index (χ4v) is 2.87. The van der Waals surface area contributed by atoms with Crippen molar-refractivity contribution in [2.75, 3.05) is 37.0 Å². The summed E-state index contributed by atoms with van der Waals surface area (Å²) in [6.07, 6.45) is 0. The van der Waals surface area contributed by atoms with Crippen LogP contribution in [-0.4, -0.2) is 49.6 Å². The molecule has 0 saturated carbocycles. The highest BCUT2D eigenvalue weighted by Gasteiger charge is 2.32. The number of carbonyl (C=O) groups is 3. The molecule has 1 fully saturated rings. The molecule has 0 bridgehead atoms. The zero-order valence-electron chi connectivity index (χ0n) is 14.6. The third-order valence-electron chi connectivity index (χ3n) is 4.18. The average molecular weight is 371 g/mol. The van der Waals surface area contributed by atoms with Crippen molar-refractivity contribution in [1.29, 1.82) is 0 Å². The third-order valence-corrected chi connectivity index (χ3v) is 4.18. The minimum Gasteiger partial charge on any atom is -0.465 e. The first kappa shape index (κ1) is 18.4. The van der Waals surface area contributed by atoms with Crippen LogP contribution >= 0.6 is 0 Å². The number of carbonyl (C=O) groups excluding carboxylic acids is 3. The van der Waals surface area contributed by atoms with Crippen LogP contribution in [0.3, 0.4) is 0 Å². The first-order valence-electron chi connectivity index (χ1n) is 8.29. The Morgan fingerprint density at radius 3 is 2.56 bits per heavy atom. The van der Waals surface area contributed by atoms with Gasteiger partial charge in [-0.15, -0.1) is 0 Å². The molecule has 1 aliphatic rings. The first-order chi connectivity index (χ1) is 13.0. The molecule has 1 heterocycles. The Labute approximate surface area is 155 Å². The first-order valence-corrected chi connectivity index (χ1v) is 8.29. The van der Waals surface area contributed by atoms with E-state index in [4.69, 9.17) is 0 Å². The Kier molecular flexibility index (Phi) is 5.35. The number of rotatable bonds is 5. The number of amides is 3. The van der Waals surface area contributed by atoms with Crippen molar-refractivity contribution >= 4 is 29.3 Å². The topological polar surface area (TPSA) is 79.0 Å². The highest BCUT2D eigenvalue weighted by Crippen LogP contribution is 2.23. The van der Waals surface area contributed by atoms with Crippen LogP contribution in [0.1, 0.15) is 10.4 Å². The van der Waals surface area contributed by atoms with E-state index in [0.29, 0.717) is 12.2 Å². The molecule has 2 aromatic rings. The molecule has 0 radical (unpaired) electrons. The highest BCUT2D eigenvalue weighted by atomic mass is 19.1. The Morgan fingerprint density at radius 1 is 1.11 bits per heavy atom. The van der Waals surface area contributed by atoms with Gasteiger partial charge in [-0.1, -0.05) is 24.3 Å². The molecule has 0 spiro atoms. The van der Waals surface area contributed by atoms with E-state index in [9.17, 15) is 18.8 Å². The smallest absolute Gasteiger partial charge is 0.339 e. The number of benzene rings is 2. The molecule has 0 atom stereocenters. The summed E-state index contributed by atoms with van der Waals surface area (Å²) in [5.74, 6) is -1.53. The lowest BCUT2D eigenvalue weighted by Gasteiger charge is -2.19. The van der Waals surface area contributed by atoms with Crippen LogP contribution in [0.2, 0.25) is 0 Å². The number of hydrogen-bond acceptors (Lipinski definition) is 4. The lowest BCUT2D eigenvalue weighted by molar-refractivity contribution is -0.116. The van der Waals surface area contributed by atoms with Crippen molar-refractivity contribution in [1.82, 2.24) is 4.90 Å². The van der Waals surface area contributed by atoms with E-state index in [0.717, 1.165) is 0 Å². The zero-order chi connectivity index (χ0) is 19.4. The monoisotopic (exact) mass is 371 g/mol. The van der Waals surface area contributed by atoms with Gasteiger partial charge in [0.25, 0.3) is 0 Å². The largest absolute Gasteiger partial charge is 0.465 e. The molecule has 1 N–H and O–H groups in total. The lowest BCUT2D eigenvalue weighted by atomic mass is 10.2. The van der Waals surface area contributed by atoms with E-state index in [1.54, 1.807) is 30.3 Å². The quantitative estimate of drug-likeness (QED) is 0.819. The number of ether oxygens (including phenoxy) is 1. The van der Waals surface area contributed by atoms with Gasteiger partial charge in [-0.3, -0.25) is 9.69 Å². The summed E-state index contributed by atoms with van der Waals surface area (Å²) < 4.78 is 18.6. The molecular weight excluding hydrogens is 353 g/mol. The molecule has 1 saturated heterocycles. The van der Waals surface area contributed by atoms with Gasteiger partial charge < -0.3 is 15.0 Å². The van der Waals surface area contributed by atoms with Gasteiger partial charge in [-0.05, 0) is 24.3 Å². The van der Waals surface area contributed by atoms with Crippen LogP contribution in [0.15, 0.2) is 48.5 Å². The van der Waals surface area contributed by atoms with Gasteiger partial charge in [0.2, 0.25) is 5.91 Å². The Hall–Kier alpha value is -3.42. The predicted octanol–water partition coefficient (Wildman–Crippen LogP) is 2.49. The Bertz CT molecular complexity index is 887. The second kappa shape index (κ2) is 7.86. The zero-order valence-corrected chi connectivity index (χ0v) is 14.6. The maximum absolute atomic E-state index is 13.9. The standard InChI is InChI=1S/C19H18FN3O4/c1-27-18(25)13-6-2-4-8-15(13)21-17(24)12-22-10-11-23(19(22)26)16-9-5-3-7-14(16)20/h2-9H,10-12H2,1H3,(H,21,24). The van der Waals surface area contributed by atoms with Crippen molar-refractivity contribution in [2.24, 2.45) is 0 Å². The van der Waals surface area contributed by atoms with E-state index in [1.807, 2.05) is 0 Å². The normalized spacial score (nSPS) is 13.6. The van der Waals surface area contributed by atoms with Crippen molar-refractivity contribution in [3.05, 3.63) is 59.9 Å². The molecule has 7 nitrogen and oxygen atoms in total. The van der Waals surface area contributed by atoms with Gasteiger partial charge >= 0.3 is 12.0 Å². The maximum atomic E-state index is 13.9. The van der Waals surface area contributed by atoms with Crippen LogP contribution in [0.4, 0.5) is 20.6 Å². The molecular formula is C19H18FN3O4. The second-order valence-corrected chi connectivity index (χ2v) is 5.89. The van der Waals surface area contributed by atoms with Crippen LogP contribution in [-0.2, 0) is 9.53 Å². The van der Waals surface area contributed by atoms with Crippen LogP contribution in [0.25, 0.3) is 0 Å². The summed E-state index contributed by atoms with van der Waals surface area (Å²) in [7, 11) is 1.25. The molecule has 3 amide bonds. The average Bonchev–Trinajstić information content (AvgIpc) is 3.02. The van der Waals surface area contributed by atoms with Gasteiger partial charge in [-0.25, -0.2) is 14.0 Å². The van der Waals surface area contributed by atoms with Crippen LogP contribution in [0.5, 0.6) is 0 Å². The van der Waals surface area contributed by atoms with Gasteiger partial charge in [0, 0.05) is 13.1 Å². The summed E-state index contributed by atoms with van der Waals surface area (Å²) in [5.41, 5.74) is 0.697. The minimum absolute atomic E-state index is 0.182. The molecule has 27 heavy (non-hydrogen) atoms. The van der Waals surface area contributed by atoms with Gasteiger partial charge in [0.05, 0.1) is 24.0 Å². The van der Waals surface area contributed by atoms with Crippen LogP contribution < -0.4 is 10.2 Å². The summed E-state index contributed by atoms with van der Waals surface area (Å²) in [6.45, 7) is 0.365. The SMILES string of the molecule is COC(=O)c1ccccc1NC(=O)CN1CCN(c2ccccc2F)C1=O. The van der Waals surface area contributed by atoms with E-state index < -0.39 is 23.7 Å². The summed E-state index contributed by atoms with van der Waals surface area (Å²) in [4.78, 5) is 39.2. The van der Waals surface area contributed by atoms with Gasteiger partial charge in [0.15, 0.2) is 0 Å². The molecule has 0 aliphatic carbocycles. The predicted molar refractivity (Wildman–Crippen MR) is 97.1 cm³/mol. The van der Waals surface area contributed by atoms with Crippen molar-refractivity contribution < 1.29 is 23.5 Å². The number of para-hydroxylation sites is 2. The number of urea groups is 1. The molecule has 140 valence electrons.